The van der Waals surface area contributed by atoms with E-state index in [1.807, 2.05) is 43.5 Å². The molecule has 0 fully saturated rings. The van der Waals surface area contributed by atoms with Gasteiger partial charge in [-0.2, -0.15) is 0 Å². The second kappa shape index (κ2) is 6.64. The number of halogens is 1. The average Bonchev–Trinajstić information content (AvgIpc) is 2.91. The number of aryl methyl sites for hydroxylation is 1. The maximum Gasteiger partial charge on any atom is 0.337 e. The third-order valence-electron chi connectivity index (χ3n) is 3.77. The van der Waals surface area contributed by atoms with Crippen molar-refractivity contribution in [3.8, 4) is 0 Å². The molecule has 25 heavy (non-hydrogen) atoms. The Bertz CT molecular complexity index is 992. The van der Waals surface area contributed by atoms with Crippen molar-refractivity contribution in [1.82, 2.24) is 9.38 Å². The molecule has 2 aromatic heterocycles. The number of carboxylic acid groups (broad SMARTS) is 1. The number of aromatic carboxylic acids is 1. The molecule has 0 bridgehead atoms. The van der Waals surface area contributed by atoms with Crippen LogP contribution in [0.3, 0.4) is 0 Å². The zero-order chi connectivity index (χ0) is 18.1. The summed E-state index contributed by atoms with van der Waals surface area (Å²) in [6.45, 7) is 6.09. The van der Waals surface area contributed by atoms with Crippen LogP contribution in [0.2, 0.25) is 5.02 Å². The number of imidazole rings is 1. The van der Waals surface area contributed by atoms with Crippen molar-refractivity contribution in [3.05, 3.63) is 58.4 Å². The second-order valence-electron chi connectivity index (χ2n) is 6.08. The van der Waals surface area contributed by atoms with Gasteiger partial charge in [0.15, 0.2) is 5.82 Å². The predicted molar refractivity (Wildman–Crippen MR) is 96.6 cm³/mol. The summed E-state index contributed by atoms with van der Waals surface area (Å²) in [6.07, 6.45) is 1.91. The van der Waals surface area contributed by atoms with Crippen LogP contribution in [0.4, 0.5) is 11.5 Å². The third kappa shape index (κ3) is 3.39. The Kier molecular flexibility index (Phi) is 4.55. The Morgan fingerprint density at radius 2 is 2.00 bits per heavy atom. The van der Waals surface area contributed by atoms with Gasteiger partial charge in [0, 0.05) is 6.20 Å². The molecule has 0 aliphatic rings. The van der Waals surface area contributed by atoms with Gasteiger partial charge in [0.05, 0.1) is 22.0 Å². The van der Waals surface area contributed by atoms with Gasteiger partial charge in [-0.05, 0) is 48.7 Å². The number of hydrogen-bond donors (Lipinski definition) is 1. The molecule has 3 aromatic rings. The summed E-state index contributed by atoms with van der Waals surface area (Å²) in [4.78, 5) is 15.8. The zero-order valence-electron chi connectivity index (χ0n) is 14.1. The van der Waals surface area contributed by atoms with Crippen molar-refractivity contribution in [2.24, 2.45) is 10.2 Å². The lowest BCUT2D eigenvalue weighted by Crippen LogP contribution is -1.96. The normalized spacial score (nSPS) is 11.7. The van der Waals surface area contributed by atoms with E-state index < -0.39 is 5.97 Å². The number of aromatic nitrogens is 2. The van der Waals surface area contributed by atoms with E-state index >= 15 is 0 Å². The van der Waals surface area contributed by atoms with Gasteiger partial charge in [-0.25, -0.2) is 9.78 Å². The monoisotopic (exact) mass is 356 g/mol. The number of azo groups is 1. The van der Waals surface area contributed by atoms with E-state index in [1.54, 1.807) is 6.07 Å². The SMILES string of the molecule is Cc1ccn2c(N=Nc3ccc(Cl)c(C(=O)O)c3)c(C(C)C)nc2c1. The minimum absolute atomic E-state index is 0.00373. The van der Waals surface area contributed by atoms with E-state index in [4.69, 9.17) is 16.7 Å². The summed E-state index contributed by atoms with van der Waals surface area (Å²) in [5.74, 6) is -0.291. The van der Waals surface area contributed by atoms with Crippen LogP contribution in [-0.4, -0.2) is 20.5 Å². The fourth-order valence-corrected chi connectivity index (χ4v) is 2.68. The van der Waals surface area contributed by atoms with Crippen LogP contribution in [0, 0.1) is 6.92 Å². The molecule has 2 heterocycles. The van der Waals surface area contributed by atoms with Crippen molar-refractivity contribution >= 4 is 34.7 Å². The highest BCUT2D eigenvalue weighted by atomic mass is 35.5. The van der Waals surface area contributed by atoms with E-state index in [1.165, 1.54) is 12.1 Å². The van der Waals surface area contributed by atoms with Gasteiger partial charge in [-0.1, -0.05) is 25.4 Å². The molecule has 1 N–H and O–H groups in total. The van der Waals surface area contributed by atoms with Crippen LogP contribution >= 0.6 is 11.6 Å². The second-order valence-corrected chi connectivity index (χ2v) is 6.48. The maximum absolute atomic E-state index is 11.2. The van der Waals surface area contributed by atoms with Crippen LogP contribution in [0.15, 0.2) is 46.8 Å². The molecular weight excluding hydrogens is 340 g/mol. The number of pyridine rings is 1. The number of benzene rings is 1. The van der Waals surface area contributed by atoms with Crippen LogP contribution in [0.1, 0.15) is 41.4 Å². The highest BCUT2D eigenvalue weighted by Gasteiger charge is 2.15. The summed E-state index contributed by atoms with van der Waals surface area (Å²) < 4.78 is 1.87. The Labute approximate surface area is 149 Å². The van der Waals surface area contributed by atoms with Crippen LogP contribution in [0.5, 0.6) is 0 Å². The Morgan fingerprint density at radius 1 is 1.24 bits per heavy atom. The summed E-state index contributed by atoms with van der Waals surface area (Å²) in [5.41, 5.74) is 3.16. The van der Waals surface area contributed by atoms with Gasteiger partial charge < -0.3 is 5.11 Å². The predicted octanol–water partition coefficient (Wildman–Crippen LogP) is 5.53. The van der Waals surface area contributed by atoms with Gasteiger partial charge in [0.25, 0.3) is 0 Å². The molecule has 0 amide bonds. The molecule has 0 saturated carbocycles. The van der Waals surface area contributed by atoms with Crippen molar-refractivity contribution in [2.75, 3.05) is 0 Å². The number of carbonyl (C=O) groups is 1. The molecule has 1 aromatic carbocycles. The van der Waals surface area contributed by atoms with E-state index in [0.717, 1.165) is 16.9 Å². The molecule has 3 rings (SSSR count). The van der Waals surface area contributed by atoms with Gasteiger partial charge in [0.2, 0.25) is 0 Å². The topological polar surface area (TPSA) is 79.3 Å². The fourth-order valence-electron chi connectivity index (χ4n) is 2.48. The van der Waals surface area contributed by atoms with Gasteiger partial charge >= 0.3 is 5.97 Å². The van der Waals surface area contributed by atoms with Gasteiger partial charge in [-0.3, -0.25) is 4.40 Å². The fraction of sp³-hybridized carbons (Fsp3) is 0.222. The lowest BCUT2D eigenvalue weighted by atomic mass is 10.1. The molecule has 0 spiro atoms. The molecule has 0 saturated heterocycles. The highest BCUT2D eigenvalue weighted by molar-refractivity contribution is 6.33. The molecule has 7 heteroatoms. The third-order valence-corrected chi connectivity index (χ3v) is 4.10. The smallest absolute Gasteiger partial charge is 0.337 e. The summed E-state index contributed by atoms with van der Waals surface area (Å²) in [7, 11) is 0. The average molecular weight is 357 g/mol. The number of fused-ring (bicyclic) bond motifs is 1. The van der Waals surface area contributed by atoms with Crippen LogP contribution in [0.25, 0.3) is 5.65 Å². The molecular formula is C18H17ClN4O2. The van der Waals surface area contributed by atoms with Crippen molar-refractivity contribution in [3.63, 3.8) is 0 Å². The lowest BCUT2D eigenvalue weighted by Gasteiger charge is -2.02. The first kappa shape index (κ1) is 17.1. The minimum Gasteiger partial charge on any atom is -0.478 e. The molecule has 0 aliphatic heterocycles. The molecule has 0 unspecified atom stereocenters. The van der Waals surface area contributed by atoms with E-state index in [9.17, 15) is 4.79 Å². The number of rotatable bonds is 4. The number of carboxylic acids is 1. The summed E-state index contributed by atoms with van der Waals surface area (Å²) in [5, 5.41) is 17.8. The summed E-state index contributed by atoms with van der Waals surface area (Å²) >= 11 is 5.88. The van der Waals surface area contributed by atoms with Crippen LogP contribution < -0.4 is 0 Å². The molecule has 6 nitrogen and oxygen atoms in total. The van der Waals surface area contributed by atoms with Crippen molar-refractivity contribution < 1.29 is 9.90 Å². The first-order valence-corrected chi connectivity index (χ1v) is 8.18. The van der Waals surface area contributed by atoms with Crippen molar-refractivity contribution in [2.45, 2.75) is 26.7 Å². The molecule has 0 aliphatic carbocycles. The van der Waals surface area contributed by atoms with Crippen molar-refractivity contribution in [1.29, 1.82) is 0 Å². The number of hydrogen-bond acceptors (Lipinski definition) is 4. The molecule has 0 atom stereocenters. The first-order valence-electron chi connectivity index (χ1n) is 7.80. The Hall–Kier alpha value is -2.73. The van der Waals surface area contributed by atoms with Gasteiger partial charge in [0.1, 0.15) is 5.65 Å². The Balaban J connectivity index is 2.08. The Morgan fingerprint density at radius 3 is 2.68 bits per heavy atom. The molecule has 0 radical (unpaired) electrons. The van der Waals surface area contributed by atoms with E-state index in [2.05, 4.69) is 15.2 Å². The minimum atomic E-state index is -1.10. The van der Waals surface area contributed by atoms with Gasteiger partial charge in [-0.15, -0.1) is 10.2 Å². The zero-order valence-corrected chi connectivity index (χ0v) is 14.8. The maximum atomic E-state index is 11.2. The quantitative estimate of drug-likeness (QED) is 0.624. The van der Waals surface area contributed by atoms with Crippen LogP contribution in [-0.2, 0) is 0 Å². The highest BCUT2D eigenvalue weighted by Crippen LogP contribution is 2.30. The van der Waals surface area contributed by atoms with E-state index in [0.29, 0.717) is 11.5 Å². The summed E-state index contributed by atoms with van der Waals surface area (Å²) in [6, 6.07) is 8.48. The lowest BCUT2D eigenvalue weighted by molar-refractivity contribution is 0.0697. The van der Waals surface area contributed by atoms with E-state index in [-0.39, 0.29) is 16.5 Å². The first-order chi connectivity index (χ1) is 11.9. The largest absolute Gasteiger partial charge is 0.478 e. The molecule has 128 valence electrons. The number of nitrogens with zero attached hydrogens (tertiary/aromatic N) is 4. The standard InChI is InChI=1S/C18H17ClN4O2/c1-10(2)16-17(23-7-6-11(3)8-15(23)20-16)22-21-12-4-5-14(19)13(9-12)18(24)25/h4-10H,1-3H3,(H,24,25).